The van der Waals surface area contributed by atoms with Gasteiger partial charge in [0.2, 0.25) is 0 Å². The van der Waals surface area contributed by atoms with Crippen molar-refractivity contribution in [3.05, 3.63) is 11.5 Å². The van der Waals surface area contributed by atoms with Crippen molar-refractivity contribution in [1.29, 1.82) is 0 Å². The van der Waals surface area contributed by atoms with Gasteiger partial charge in [-0.3, -0.25) is 0 Å². The second kappa shape index (κ2) is 4.38. The van der Waals surface area contributed by atoms with Crippen LogP contribution in [-0.4, -0.2) is 47.2 Å². The van der Waals surface area contributed by atoms with E-state index in [9.17, 15) is 10.2 Å². The molecule has 0 saturated carbocycles. The quantitative estimate of drug-likeness (QED) is 0.735. The molecule has 2 rings (SSSR count). The van der Waals surface area contributed by atoms with E-state index in [4.69, 9.17) is 18.9 Å². The molecule has 0 aliphatic carbocycles. The Balaban J connectivity index is 2.07. The highest BCUT2D eigenvalue weighted by atomic mass is 16.8. The van der Waals surface area contributed by atoms with Crippen LogP contribution < -0.4 is 0 Å². The van der Waals surface area contributed by atoms with Crippen molar-refractivity contribution in [2.45, 2.75) is 51.5 Å². The van der Waals surface area contributed by atoms with Gasteiger partial charge in [-0.05, 0) is 27.7 Å². The Kier molecular flexibility index (Phi) is 3.31. The maximum atomic E-state index is 9.97. The number of hydrogen-bond acceptors (Lipinski definition) is 6. The summed E-state index contributed by atoms with van der Waals surface area (Å²) in [6, 6.07) is 0. The van der Waals surface area contributed by atoms with Gasteiger partial charge in [0.1, 0.15) is 12.2 Å². The third kappa shape index (κ3) is 2.77. The van der Waals surface area contributed by atoms with Crippen molar-refractivity contribution < 1.29 is 29.2 Å². The lowest BCUT2D eigenvalue weighted by atomic mass is 10.2. The van der Waals surface area contributed by atoms with Gasteiger partial charge in [-0.1, -0.05) is 0 Å². The van der Waals surface area contributed by atoms with Gasteiger partial charge >= 0.3 is 0 Å². The molecule has 2 fully saturated rings. The van der Waals surface area contributed by atoms with Gasteiger partial charge in [0.15, 0.2) is 23.1 Å². The Morgan fingerprint density at radius 2 is 1.17 bits per heavy atom. The smallest absolute Gasteiger partial charge is 0.164 e. The van der Waals surface area contributed by atoms with E-state index in [-0.39, 0.29) is 24.7 Å². The number of aliphatic hydroxyl groups excluding tert-OH is 2. The summed E-state index contributed by atoms with van der Waals surface area (Å²) in [4.78, 5) is 0. The molecule has 0 bridgehead atoms. The molecule has 2 unspecified atom stereocenters. The van der Waals surface area contributed by atoms with Crippen LogP contribution in [0.25, 0.3) is 0 Å². The highest BCUT2D eigenvalue weighted by Crippen LogP contribution is 2.30. The third-order valence-electron chi connectivity index (χ3n) is 2.89. The zero-order valence-corrected chi connectivity index (χ0v) is 11.1. The van der Waals surface area contributed by atoms with Crippen molar-refractivity contribution in [3.8, 4) is 0 Å². The van der Waals surface area contributed by atoms with Gasteiger partial charge in [0, 0.05) is 0 Å². The van der Waals surface area contributed by atoms with Crippen molar-refractivity contribution in [3.63, 3.8) is 0 Å². The highest BCUT2D eigenvalue weighted by molar-refractivity contribution is 5.11. The molecule has 0 aromatic heterocycles. The fourth-order valence-corrected chi connectivity index (χ4v) is 1.97. The lowest BCUT2D eigenvalue weighted by Gasteiger charge is -2.19. The Morgan fingerprint density at radius 3 is 1.39 bits per heavy atom. The van der Waals surface area contributed by atoms with E-state index < -0.39 is 23.8 Å². The van der Waals surface area contributed by atoms with Crippen LogP contribution >= 0.6 is 0 Å². The summed E-state index contributed by atoms with van der Waals surface area (Å²) >= 11 is 0. The molecule has 0 radical (unpaired) electrons. The molecule has 0 amide bonds. The first-order valence-electron chi connectivity index (χ1n) is 5.96. The molecule has 2 N–H and O–H groups in total. The van der Waals surface area contributed by atoms with Crippen LogP contribution in [-0.2, 0) is 18.9 Å². The minimum absolute atomic E-state index is 0.194. The Morgan fingerprint density at radius 1 is 0.833 bits per heavy atom. The van der Waals surface area contributed by atoms with Crippen LogP contribution in [0.4, 0.5) is 0 Å². The molecular formula is C12H20O6. The normalized spacial score (nSPS) is 35.6. The molecule has 0 aromatic rings. The Bertz CT molecular complexity index is 326. The molecule has 2 atom stereocenters. The molecule has 18 heavy (non-hydrogen) atoms. The Hall–Kier alpha value is -0.820. The molecule has 2 saturated heterocycles. The SMILES string of the molecule is CC1(C)OCC(/C(O)=C(\O)C2COC(C)(C)O2)O1. The third-order valence-corrected chi connectivity index (χ3v) is 2.89. The highest BCUT2D eigenvalue weighted by Gasteiger charge is 2.40. The fraction of sp³-hybridized carbons (Fsp3) is 0.833. The first-order chi connectivity index (χ1) is 8.20. The average molecular weight is 260 g/mol. The standard InChI is InChI=1S/C12H20O6/c1-11(2)15-5-7(17-11)9(13)10(14)8-6-16-12(3,4)18-8/h7-8,13-14H,5-6H2,1-4H3/b10-9+. The predicted molar refractivity (Wildman–Crippen MR) is 62.1 cm³/mol. The molecule has 6 nitrogen and oxygen atoms in total. The van der Waals surface area contributed by atoms with Gasteiger partial charge in [-0.15, -0.1) is 0 Å². The van der Waals surface area contributed by atoms with E-state index in [0.29, 0.717) is 0 Å². The van der Waals surface area contributed by atoms with Crippen molar-refractivity contribution in [2.75, 3.05) is 13.2 Å². The summed E-state index contributed by atoms with van der Waals surface area (Å²) in [5.74, 6) is -2.03. The van der Waals surface area contributed by atoms with E-state index in [2.05, 4.69) is 0 Å². The van der Waals surface area contributed by atoms with Crippen LogP contribution in [0.1, 0.15) is 27.7 Å². The molecule has 2 aliphatic rings. The van der Waals surface area contributed by atoms with E-state index in [0.717, 1.165) is 0 Å². The van der Waals surface area contributed by atoms with Gasteiger partial charge in [-0.2, -0.15) is 0 Å². The summed E-state index contributed by atoms with van der Waals surface area (Å²) < 4.78 is 21.6. The molecule has 0 spiro atoms. The first kappa shape index (κ1) is 13.6. The topological polar surface area (TPSA) is 77.4 Å². The van der Waals surface area contributed by atoms with Crippen LogP contribution in [0.3, 0.4) is 0 Å². The minimum Gasteiger partial charge on any atom is -0.506 e. The predicted octanol–water partition coefficient (Wildman–Crippen LogP) is 1.62. The van der Waals surface area contributed by atoms with Gasteiger partial charge in [-0.25, -0.2) is 0 Å². The molecule has 2 aliphatic heterocycles. The van der Waals surface area contributed by atoms with Crippen molar-refractivity contribution in [2.24, 2.45) is 0 Å². The van der Waals surface area contributed by atoms with E-state index in [1.165, 1.54) is 0 Å². The summed E-state index contributed by atoms with van der Waals surface area (Å²) in [6.07, 6.45) is -1.35. The van der Waals surface area contributed by atoms with Crippen LogP contribution in [0.2, 0.25) is 0 Å². The summed E-state index contributed by atoms with van der Waals surface area (Å²) in [6.45, 7) is 7.37. The zero-order valence-electron chi connectivity index (χ0n) is 11.1. The lowest BCUT2D eigenvalue weighted by molar-refractivity contribution is -0.142. The van der Waals surface area contributed by atoms with Crippen LogP contribution in [0, 0.1) is 0 Å². The maximum Gasteiger partial charge on any atom is 0.164 e. The van der Waals surface area contributed by atoms with E-state index in [1.807, 2.05) is 0 Å². The lowest BCUT2D eigenvalue weighted by Crippen LogP contribution is -2.26. The maximum absolute atomic E-state index is 9.97. The Labute approximate surface area is 106 Å². The zero-order chi connectivity index (χ0) is 13.6. The fourth-order valence-electron chi connectivity index (χ4n) is 1.97. The van der Waals surface area contributed by atoms with Crippen LogP contribution in [0.15, 0.2) is 11.5 Å². The first-order valence-corrected chi connectivity index (χ1v) is 5.96. The van der Waals surface area contributed by atoms with Gasteiger partial charge < -0.3 is 29.2 Å². The molecule has 0 aromatic carbocycles. The molecule has 104 valence electrons. The van der Waals surface area contributed by atoms with Gasteiger partial charge in [0.05, 0.1) is 13.2 Å². The summed E-state index contributed by atoms with van der Waals surface area (Å²) in [5, 5.41) is 19.9. The minimum atomic E-state index is -0.759. The van der Waals surface area contributed by atoms with Crippen molar-refractivity contribution >= 4 is 0 Å². The monoisotopic (exact) mass is 260 g/mol. The van der Waals surface area contributed by atoms with Gasteiger partial charge in [0.25, 0.3) is 0 Å². The average Bonchev–Trinajstić information content (AvgIpc) is 2.79. The van der Waals surface area contributed by atoms with Crippen molar-refractivity contribution in [1.82, 2.24) is 0 Å². The number of ether oxygens (including phenoxy) is 4. The second-order valence-corrected chi connectivity index (χ2v) is 5.41. The number of rotatable bonds is 2. The molecule has 6 heteroatoms. The second-order valence-electron chi connectivity index (χ2n) is 5.41. The van der Waals surface area contributed by atoms with Crippen LogP contribution in [0.5, 0.6) is 0 Å². The number of hydrogen-bond donors (Lipinski definition) is 2. The van der Waals surface area contributed by atoms with E-state index in [1.54, 1.807) is 27.7 Å². The largest absolute Gasteiger partial charge is 0.506 e. The summed E-state index contributed by atoms with van der Waals surface area (Å²) in [5.41, 5.74) is 0. The molecule has 2 heterocycles. The summed E-state index contributed by atoms with van der Waals surface area (Å²) in [7, 11) is 0. The molecular weight excluding hydrogens is 240 g/mol. The van der Waals surface area contributed by atoms with E-state index >= 15 is 0 Å². The number of aliphatic hydroxyl groups is 2.